The van der Waals surface area contributed by atoms with Gasteiger partial charge in [0.15, 0.2) is 40.3 Å². The van der Waals surface area contributed by atoms with Gasteiger partial charge in [-0.25, -0.2) is 19.6 Å². The third kappa shape index (κ3) is 5.06. The van der Waals surface area contributed by atoms with Crippen LogP contribution in [0.25, 0.3) is 22.6 Å². The van der Waals surface area contributed by atoms with Crippen LogP contribution in [0.4, 0.5) is 17.3 Å². The summed E-state index contributed by atoms with van der Waals surface area (Å²) in [6, 6.07) is 11.9. The van der Waals surface area contributed by atoms with Crippen molar-refractivity contribution in [1.29, 1.82) is 0 Å². The highest BCUT2D eigenvalue weighted by atomic mass is 32.2. The molecule has 0 aliphatic heterocycles. The number of fused-ring (bicyclic) bond motifs is 1. The first-order chi connectivity index (χ1) is 17.3. The largest absolute Gasteiger partial charge is 0.573 e. The number of terminal acetylenes is 1. The highest BCUT2D eigenvalue weighted by Crippen LogP contribution is 2.34. The molecular formula is C25H29N9OS. The lowest BCUT2D eigenvalue weighted by Gasteiger charge is -2.29. The fourth-order valence-electron chi connectivity index (χ4n) is 3.88. The smallest absolute Gasteiger partial charge is 0.184 e. The fraction of sp³-hybridized carbons (Fsp3) is 0.280. The van der Waals surface area contributed by atoms with Crippen LogP contribution in [0.2, 0.25) is 0 Å². The number of aryl methyl sites for hydroxylation is 1. The molecule has 0 spiro atoms. The Bertz CT molecular complexity index is 1390. The first kappa shape index (κ1) is 25.2. The molecule has 4 N–H and O–H groups in total. The number of nitrogen functional groups attached to an aromatic ring is 2. The van der Waals surface area contributed by atoms with Crippen LogP contribution in [0.3, 0.4) is 0 Å². The van der Waals surface area contributed by atoms with Gasteiger partial charge >= 0.3 is 0 Å². The van der Waals surface area contributed by atoms with Gasteiger partial charge in [-0.2, -0.15) is 9.40 Å². The van der Waals surface area contributed by atoms with Gasteiger partial charge in [0.25, 0.3) is 0 Å². The Morgan fingerprint density at radius 1 is 1.11 bits per heavy atom. The number of unbranched alkanes of at least 4 members (excludes halogenated alkanes) is 1. The van der Waals surface area contributed by atoms with Crippen molar-refractivity contribution in [3.63, 3.8) is 0 Å². The number of rotatable bonds is 9. The van der Waals surface area contributed by atoms with Crippen molar-refractivity contribution in [3.8, 4) is 23.9 Å². The van der Waals surface area contributed by atoms with Crippen LogP contribution in [0, 0.1) is 19.3 Å². The summed E-state index contributed by atoms with van der Waals surface area (Å²) >= 11 is -1.55. The van der Waals surface area contributed by atoms with Crippen molar-refractivity contribution in [1.82, 2.24) is 29.0 Å². The van der Waals surface area contributed by atoms with Crippen molar-refractivity contribution in [3.05, 3.63) is 53.7 Å². The van der Waals surface area contributed by atoms with Crippen LogP contribution in [-0.4, -0.2) is 54.2 Å². The first-order valence-corrected chi connectivity index (χ1v) is 12.5. The second-order valence-electron chi connectivity index (χ2n) is 8.43. The molecule has 4 aromatic rings. The minimum atomic E-state index is -1.55. The van der Waals surface area contributed by atoms with Crippen molar-refractivity contribution in [2.24, 2.45) is 0 Å². The summed E-state index contributed by atoms with van der Waals surface area (Å²) in [6.07, 6.45) is 8.25. The maximum absolute atomic E-state index is 13.0. The highest BCUT2D eigenvalue weighted by molar-refractivity contribution is 7.90. The third-order valence-electron chi connectivity index (χ3n) is 5.67. The van der Waals surface area contributed by atoms with Crippen LogP contribution >= 0.6 is 0 Å². The molecule has 0 aliphatic carbocycles. The van der Waals surface area contributed by atoms with Crippen LogP contribution < -0.4 is 15.8 Å². The first-order valence-electron chi connectivity index (χ1n) is 11.4. The average Bonchev–Trinajstić information content (AvgIpc) is 3.22. The normalized spacial score (nSPS) is 12.1. The molecule has 10 nitrogen and oxygen atoms in total. The van der Waals surface area contributed by atoms with Gasteiger partial charge in [-0.15, -0.1) is 16.6 Å². The van der Waals surface area contributed by atoms with E-state index in [9.17, 15) is 4.55 Å². The summed E-state index contributed by atoms with van der Waals surface area (Å²) in [4.78, 5) is 13.6. The Morgan fingerprint density at radius 3 is 2.50 bits per heavy atom. The van der Waals surface area contributed by atoms with Crippen molar-refractivity contribution in [2.75, 3.05) is 36.4 Å². The lowest BCUT2D eigenvalue weighted by Crippen LogP contribution is -2.41. The number of pyridine rings is 1. The summed E-state index contributed by atoms with van der Waals surface area (Å²) < 4.78 is 17.9. The van der Waals surface area contributed by atoms with Crippen molar-refractivity contribution >= 4 is 39.9 Å². The molecule has 0 fully saturated rings. The van der Waals surface area contributed by atoms with E-state index in [2.05, 4.69) is 39.9 Å². The standard InChI is InChI=1S/C25H29N9OS/c1-5-6-9-15-34(36(35)32(3)4)21-22(26)29-24(30-23(21)27)20-19-13-10-14-28-25(19)33(31-20)16-18-12-8-7-11-17(18)2/h1,7-8,10-14H,6,9,15-16H2,2-4H3,(H4,26,27,29,30). The Labute approximate surface area is 213 Å². The number of aromatic nitrogens is 5. The zero-order chi connectivity index (χ0) is 25.8. The second kappa shape index (κ2) is 10.8. The lowest BCUT2D eigenvalue weighted by molar-refractivity contribution is 0.514. The van der Waals surface area contributed by atoms with E-state index in [0.29, 0.717) is 43.0 Å². The maximum atomic E-state index is 13.0. The number of hydrogen-bond donors (Lipinski definition) is 2. The second-order valence-corrected chi connectivity index (χ2v) is 10.1. The highest BCUT2D eigenvalue weighted by Gasteiger charge is 2.30. The predicted molar refractivity (Wildman–Crippen MR) is 145 cm³/mol. The summed E-state index contributed by atoms with van der Waals surface area (Å²) in [5.74, 6) is 3.09. The molecule has 0 aliphatic rings. The predicted octanol–water partition coefficient (Wildman–Crippen LogP) is 2.77. The zero-order valence-corrected chi connectivity index (χ0v) is 21.4. The van der Waals surface area contributed by atoms with Gasteiger partial charge in [0.05, 0.1) is 18.5 Å². The molecule has 3 aromatic heterocycles. The summed E-state index contributed by atoms with van der Waals surface area (Å²) in [5.41, 5.74) is 16.6. The maximum Gasteiger partial charge on any atom is 0.184 e. The van der Waals surface area contributed by atoms with E-state index < -0.39 is 11.5 Å². The SMILES string of the molecule is C#CCCCN(c1c(N)nc(-c2nn(Cc3ccccc3C)c3ncccc23)nc1N)[S+]([O-])N(C)C. The number of nitrogens with two attached hydrogens (primary N) is 2. The van der Waals surface area contributed by atoms with Gasteiger partial charge in [0.2, 0.25) is 0 Å². The molecule has 0 saturated carbocycles. The number of nitrogens with zero attached hydrogens (tertiary/aromatic N) is 7. The van der Waals surface area contributed by atoms with Gasteiger partial charge < -0.3 is 16.0 Å². The molecule has 11 heteroatoms. The van der Waals surface area contributed by atoms with E-state index in [4.69, 9.17) is 23.0 Å². The molecule has 186 valence electrons. The summed E-state index contributed by atoms with van der Waals surface area (Å²) in [6.45, 7) is 2.98. The average molecular weight is 504 g/mol. The van der Waals surface area contributed by atoms with E-state index in [-0.39, 0.29) is 17.5 Å². The molecule has 0 saturated heterocycles. The molecule has 0 bridgehead atoms. The summed E-state index contributed by atoms with van der Waals surface area (Å²) in [5, 5.41) is 5.57. The van der Waals surface area contributed by atoms with E-state index >= 15 is 0 Å². The molecular weight excluding hydrogens is 474 g/mol. The Balaban J connectivity index is 1.77. The molecule has 4 rings (SSSR count). The van der Waals surface area contributed by atoms with Crippen LogP contribution in [0.5, 0.6) is 0 Å². The monoisotopic (exact) mass is 503 g/mol. The zero-order valence-electron chi connectivity index (χ0n) is 20.5. The van der Waals surface area contributed by atoms with Crippen molar-refractivity contribution in [2.45, 2.75) is 26.3 Å². The van der Waals surface area contributed by atoms with Crippen LogP contribution in [0.15, 0.2) is 42.6 Å². The molecule has 0 radical (unpaired) electrons. The Kier molecular flexibility index (Phi) is 7.59. The van der Waals surface area contributed by atoms with E-state index in [1.165, 1.54) is 0 Å². The van der Waals surface area contributed by atoms with Gasteiger partial charge in [0.1, 0.15) is 5.69 Å². The van der Waals surface area contributed by atoms with Crippen LogP contribution in [-0.2, 0) is 18.1 Å². The molecule has 1 unspecified atom stereocenters. The number of hydrogen-bond acceptors (Lipinski definition) is 9. The van der Waals surface area contributed by atoms with Gasteiger partial charge in [-0.1, -0.05) is 24.3 Å². The lowest BCUT2D eigenvalue weighted by atomic mass is 10.1. The van der Waals surface area contributed by atoms with Gasteiger partial charge in [-0.3, -0.25) is 0 Å². The Hall–Kier alpha value is -3.85. The summed E-state index contributed by atoms with van der Waals surface area (Å²) in [7, 11) is 3.40. The van der Waals surface area contributed by atoms with Gasteiger partial charge in [0, 0.05) is 26.7 Å². The molecule has 36 heavy (non-hydrogen) atoms. The number of anilines is 3. The van der Waals surface area contributed by atoms with E-state index in [1.807, 2.05) is 28.9 Å². The minimum Gasteiger partial charge on any atom is -0.573 e. The molecule has 0 amide bonds. The minimum absolute atomic E-state index is 0.110. The van der Waals surface area contributed by atoms with E-state index in [1.54, 1.807) is 28.9 Å². The quantitative estimate of drug-likeness (QED) is 0.200. The number of benzene rings is 1. The van der Waals surface area contributed by atoms with E-state index in [0.717, 1.165) is 16.5 Å². The van der Waals surface area contributed by atoms with Crippen molar-refractivity contribution < 1.29 is 4.55 Å². The third-order valence-corrected chi connectivity index (χ3v) is 7.04. The fourth-order valence-corrected chi connectivity index (χ4v) is 4.90. The molecule has 3 heterocycles. The Morgan fingerprint density at radius 2 is 1.83 bits per heavy atom. The van der Waals surface area contributed by atoms with Crippen LogP contribution in [0.1, 0.15) is 24.0 Å². The van der Waals surface area contributed by atoms with Gasteiger partial charge in [-0.05, 0) is 36.6 Å². The molecule has 1 atom stereocenters. The topological polar surface area (TPSA) is 138 Å². The molecule has 1 aromatic carbocycles.